The smallest absolute Gasteiger partial charge is 0.325 e. The van der Waals surface area contributed by atoms with Gasteiger partial charge in [-0.1, -0.05) is 48.0 Å². The molecular formula is C20H20ClN3O3. The largest absolute Gasteiger partial charge is 0.325 e. The standard InChI is InChI=1S/C20H20ClN3O3/c1-12-8-13(2)18(15(21)9-12)23-17(25)11-24-19(26)16(22-20(24)27)10-14-6-4-3-5-7-14/h3-9,16H,10-11H2,1-2H3,(H,22,27)(H,23,25). The van der Waals surface area contributed by atoms with Gasteiger partial charge in [0.1, 0.15) is 12.6 Å². The van der Waals surface area contributed by atoms with Gasteiger partial charge in [-0.3, -0.25) is 14.5 Å². The molecule has 4 amide bonds. The molecular weight excluding hydrogens is 366 g/mol. The van der Waals surface area contributed by atoms with Crippen LogP contribution in [0.2, 0.25) is 5.02 Å². The summed E-state index contributed by atoms with van der Waals surface area (Å²) >= 11 is 6.19. The van der Waals surface area contributed by atoms with Crippen molar-refractivity contribution < 1.29 is 14.4 Å². The van der Waals surface area contributed by atoms with Gasteiger partial charge in [-0.05, 0) is 36.6 Å². The number of halogens is 1. The Bertz CT molecular complexity index is 876. The molecule has 2 aromatic carbocycles. The van der Waals surface area contributed by atoms with Gasteiger partial charge in [-0.25, -0.2) is 4.79 Å². The summed E-state index contributed by atoms with van der Waals surface area (Å²) in [6.07, 6.45) is 0.381. The predicted octanol–water partition coefficient (Wildman–Crippen LogP) is 3.06. The van der Waals surface area contributed by atoms with E-state index in [2.05, 4.69) is 10.6 Å². The number of imide groups is 1. The van der Waals surface area contributed by atoms with Crippen LogP contribution in [0.15, 0.2) is 42.5 Å². The number of anilines is 1. The molecule has 0 spiro atoms. The number of rotatable bonds is 5. The highest BCUT2D eigenvalue weighted by molar-refractivity contribution is 6.34. The van der Waals surface area contributed by atoms with Crippen LogP contribution >= 0.6 is 11.6 Å². The molecule has 0 radical (unpaired) electrons. The molecule has 1 saturated heterocycles. The first-order chi connectivity index (χ1) is 12.8. The number of aryl methyl sites for hydroxylation is 2. The van der Waals surface area contributed by atoms with Crippen molar-refractivity contribution in [1.29, 1.82) is 0 Å². The maximum atomic E-state index is 12.5. The summed E-state index contributed by atoms with van der Waals surface area (Å²) in [5.41, 5.74) is 3.21. The van der Waals surface area contributed by atoms with Crippen LogP contribution < -0.4 is 10.6 Å². The minimum atomic E-state index is -0.669. The van der Waals surface area contributed by atoms with Crippen molar-refractivity contribution in [2.24, 2.45) is 0 Å². The summed E-state index contributed by atoms with van der Waals surface area (Å²) in [6.45, 7) is 3.38. The van der Waals surface area contributed by atoms with E-state index in [-0.39, 0.29) is 6.54 Å². The third kappa shape index (κ3) is 4.28. The first-order valence-corrected chi connectivity index (χ1v) is 8.95. The zero-order chi connectivity index (χ0) is 19.6. The van der Waals surface area contributed by atoms with Crippen LogP contribution in [0, 0.1) is 13.8 Å². The number of nitrogens with zero attached hydrogens (tertiary/aromatic N) is 1. The maximum Gasteiger partial charge on any atom is 0.325 e. The van der Waals surface area contributed by atoms with Crippen molar-refractivity contribution in [3.8, 4) is 0 Å². The van der Waals surface area contributed by atoms with E-state index in [0.717, 1.165) is 21.6 Å². The SMILES string of the molecule is Cc1cc(C)c(NC(=O)CN2C(=O)NC(Cc3ccccc3)C2=O)c(Cl)c1. The van der Waals surface area contributed by atoms with E-state index in [1.165, 1.54) is 0 Å². The summed E-state index contributed by atoms with van der Waals surface area (Å²) in [5, 5.41) is 5.74. The van der Waals surface area contributed by atoms with Gasteiger partial charge < -0.3 is 10.6 Å². The third-order valence-corrected chi connectivity index (χ3v) is 4.69. The number of carbonyl (C=O) groups is 3. The Hall–Kier alpha value is -2.86. The molecule has 27 heavy (non-hydrogen) atoms. The van der Waals surface area contributed by atoms with Crippen molar-refractivity contribution >= 4 is 35.1 Å². The molecule has 1 atom stereocenters. The zero-order valence-electron chi connectivity index (χ0n) is 15.1. The number of nitrogens with one attached hydrogen (secondary N) is 2. The van der Waals surface area contributed by atoms with Gasteiger partial charge in [-0.2, -0.15) is 0 Å². The van der Waals surface area contributed by atoms with Gasteiger partial charge in [0, 0.05) is 6.42 Å². The quantitative estimate of drug-likeness (QED) is 0.776. The van der Waals surface area contributed by atoms with Crippen molar-refractivity contribution in [3.05, 3.63) is 64.2 Å². The summed E-state index contributed by atoms with van der Waals surface area (Å²) in [6, 6.07) is 11.8. The fourth-order valence-electron chi connectivity index (χ4n) is 3.11. The van der Waals surface area contributed by atoms with Crippen molar-refractivity contribution in [2.75, 3.05) is 11.9 Å². The highest BCUT2D eigenvalue weighted by Crippen LogP contribution is 2.27. The Labute approximate surface area is 162 Å². The lowest BCUT2D eigenvalue weighted by Gasteiger charge is -2.15. The molecule has 0 bridgehead atoms. The highest BCUT2D eigenvalue weighted by atomic mass is 35.5. The first kappa shape index (κ1) is 18.9. The average Bonchev–Trinajstić information content (AvgIpc) is 2.86. The van der Waals surface area contributed by atoms with E-state index >= 15 is 0 Å². The first-order valence-electron chi connectivity index (χ1n) is 8.57. The second kappa shape index (κ2) is 7.80. The van der Waals surface area contributed by atoms with Gasteiger partial charge >= 0.3 is 6.03 Å². The summed E-state index contributed by atoms with van der Waals surface area (Å²) in [7, 11) is 0. The Morgan fingerprint density at radius 1 is 1.19 bits per heavy atom. The number of urea groups is 1. The van der Waals surface area contributed by atoms with Gasteiger partial charge in [-0.15, -0.1) is 0 Å². The average molecular weight is 386 g/mol. The number of benzene rings is 2. The molecule has 2 aromatic rings. The molecule has 1 heterocycles. The highest BCUT2D eigenvalue weighted by Gasteiger charge is 2.38. The zero-order valence-corrected chi connectivity index (χ0v) is 15.8. The molecule has 1 aliphatic rings. The Morgan fingerprint density at radius 3 is 2.56 bits per heavy atom. The maximum absolute atomic E-state index is 12.5. The van der Waals surface area contributed by atoms with Crippen LogP contribution in [0.1, 0.15) is 16.7 Å². The molecule has 2 N–H and O–H groups in total. The minimum Gasteiger partial charge on any atom is -0.325 e. The number of hydrogen-bond donors (Lipinski definition) is 2. The molecule has 1 aliphatic heterocycles. The molecule has 1 unspecified atom stereocenters. The summed E-state index contributed by atoms with van der Waals surface area (Å²) < 4.78 is 0. The Kier molecular flexibility index (Phi) is 5.46. The van der Waals surface area contributed by atoms with E-state index < -0.39 is 23.9 Å². The van der Waals surface area contributed by atoms with Crippen LogP contribution in [-0.4, -0.2) is 35.3 Å². The number of hydrogen-bond acceptors (Lipinski definition) is 3. The normalized spacial score (nSPS) is 16.4. The second-order valence-corrected chi connectivity index (χ2v) is 7.01. The number of amides is 4. The van der Waals surface area contributed by atoms with Gasteiger partial charge in [0.2, 0.25) is 5.91 Å². The van der Waals surface area contributed by atoms with Crippen molar-refractivity contribution in [3.63, 3.8) is 0 Å². The molecule has 0 aromatic heterocycles. The van der Waals surface area contributed by atoms with Crippen LogP contribution in [-0.2, 0) is 16.0 Å². The minimum absolute atomic E-state index is 0.362. The van der Waals surface area contributed by atoms with E-state index in [9.17, 15) is 14.4 Å². The van der Waals surface area contributed by atoms with Crippen LogP contribution in [0.3, 0.4) is 0 Å². The molecule has 0 saturated carbocycles. The lowest BCUT2D eigenvalue weighted by Crippen LogP contribution is -2.38. The van der Waals surface area contributed by atoms with E-state index in [1.807, 2.05) is 50.2 Å². The van der Waals surface area contributed by atoms with Gasteiger partial charge in [0.15, 0.2) is 0 Å². The van der Waals surface area contributed by atoms with Crippen LogP contribution in [0.5, 0.6) is 0 Å². The Morgan fingerprint density at radius 2 is 1.89 bits per heavy atom. The fraction of sp³-hybridized carbons (Fsp3) is 0.250. The van der Waals surface area contributed by atoms with Crippen molar-refractivity contribution in [1.82, 2.24) is 10.2 Å². The van der Waals surface area contributed by atoms with Gasteiger partial charge in [0.25, 0.3) is 5.91 Å². The van der Waals surface area contributed by atoms with E-state index in [1.54, 1.807) is 6.07 Å². The topological polar surface area (TPSA) is 78.5 Å². The lowest BCUT2D eigenvalue weighted by atomic mass is 10.1. The van der Waals surface area contributed by atoms with Crippen LogP contribution in [0.25, 0.3) is 0 Å². The van der Waals surface area contributed by atoms with E-state index in [0.29, 0.717) is 17.1 Å². The Balaban J connectivity index is 1.66. The van der Waals surface area contributed by atoms with Crippen LogP contribution in [0.4, 0.5) is 10.5 Å². The predicted molar refractivity (Wildman–Crippen MR) is 104 cm³/mol. The molecule has 6 nitrogen and oxygen atoms in total. The van der Waals surface area contributed by atoms with E-state index in [4.69, 9.17) is 11.6 Å². The molecule has 7 heteroatoms. The summed E-state index contributed by atoms with van der Waals surface area (Å²) in [4.78, 5) is 38.0. The second-order valence-electron chi connectivity index (χ2n) is 6.60. The third-order valence-electron chi connectivity index (χ3n) is 4.39. The molecule has 1 fully saturated rings. The monoisotopic (exact) mass is 385 g/mol. The number of carbonyl (C=O) groups excluding carboxylic acids is 3. The lowest BCUT2D eigenvalue weighted by molar-refractivity contribution is -0.130. The van der Waals surface area contributed by atoms with Gasteiger partial charge in [0.05, 0.1) is 10.7 Å². The van der Waals surface area contributed by atoms with Crippen molar-refractivity contribution in [2.45, 2.75) is 26.3 Å². The summed E-state index contributed by atoms with van der Waals surface area (Å²) in [5.74, 6) is -0.890. The molecule has 0 aliphatic carbocycles. The molecule has 140 valence electrons. The molecule has 3 rings (SSSR count). The fourth-order valence-corrected chi connectivity index (χ4v) is 3.48.